The van der Waals surface area contributed by atoms with Crippen LogP contribution in [0.15, 0.2) is 47.6 Å². The number of carbonyl (C=O) groups excluding carboxylic acids is 1. The van der Waals surface area contributed by atoms with Crippen LogP contribution in [0, 0.1) is 11.6 Å². The van der Waals surface area contributed by atoms with Crippen molar-refractivity contribution in [1.29, 1.82) is 0 Å². The Bertz CT molecular complexity index is 1540. The van der Waals surface area contributed by atoms with Gasteiger partial charge < -0.3 is 59.6 Å². The molecule has 1 amide bonds. The molecule has 3 aliphatic rings. The molecule has 1 aliphatic carbocycles. The SMILES string of the molecule is CC(=Cc1ccc(O[C@@H]2O[C@H](C(C)=CCOc3cc(F)cc(F)c3Cl)[C@@H](O)[C@@H]2O)c(O)c1)C(=O)N[C@@H]1[C@H](O)[C@@H](O)[C@H]2OCO[C@H]2[C@@H]1O. The van der Waals surface area contributed by atoms with Gasteiger partial charge in [0, 0.05) is 17.7 Å². The van der Waals surface area contributed by atoms with E-state index in [9.17, 15) is 44.2 Å². The second-order valence-corrected chi connectivity index (χ2v) is 11.8. The molecular weight excluding hydrogens is 652 g/mol. The molecule has 2 aromatic carbocycles. The molecule has 10 atom stereocenters. The van der Waals surface area contributed by atoms with Crippen LogP contribution < -0.4 is 14.8 Å². The molecule has 7 N–H and O–H groups in total. The van der Waals surface area contributed by atoms with Crippen molar-refractivity contribution in [3.05, 3.63) is 69.8 Å². The zero-order chi connectivity index (χ0) is 34.2. The molecule has 0 bridgehead atoms. The summed E-state index contributed by atoms with van der Waals surface area (Å²) in [7, 11) is 0. The van der Waals surface area contributed by atoms with Crippen molar-refractivity contribution in [3.63, 3.8) is 0 Å². The van der Waals surface area contributed by atoms with Gasteiger partial charge in [0.2, 0.25) is 12.2 Å². The van der Waals surface area contributed by atoms with Gasteiger partial charge in [0.25, 0.3) is 0 Å². The molecule has 5 rings (SSSR count). The van der Waals surface area contributed by atoms with Crippen LogP contribution in [-0.2, 0) is 19.0 Å². The number of halogens is 3. The first kappa shape index (κ1) is 34.9. The van der Waals surface area contributed by atoms with Crippen LogP contribution in [0.5, 0.6) is 17.2 Å². The largest absolute Gasteiger partial charge is 0.504 e. The van der Waals surface area contributed by atoms with E-state index in [4.69, 9.17) is 35.3 Å². The lowest BCUT2D eigenvalue weighted by atomic mass is 9.83. The molecule has 256 valence electrons. The summed E-state index contributed by atoms with van der Waals surface area (Å²) in [5, 5.41) is 65.1. The van der Waals surface area contributed by atoms with E-state index in [0.717, 1.165) is 6.07 Å². The molecule has 1 saturated carbocycles. The number of rotatable bonds is 9. The van der Waals surface area contributed by atoms with Gasteiger partial charge in [-0.2, -0.15) is 0 Å². The van der Waals surface area contributed by atoms with Crippen molar-refractivity contribution in [2.24, 2.45) is 0 Å². The van der Waals surface area contributed by atoms with Gasteiger partial charge in [-0.05, 0) is 49.3 Å². The number of aliphatic hydroxyl groups is 5. The van der Waals surface area contributed by atoms with E-state index >= 15 is 0 Å². The van der Waals surface area contributed by atoms with Gasteiger partial charge in [-0.3, -0.25) is 4.79 Å². The smallest absolute Gasteiger partial charge is 0.247 e. The highest BCUT2D eigenvalue weighted by molar-refractivity contribution is 6.32. The van der Waals surface area contributed by atoms with Gasteiger partial charge in [0.05, 0.1) is 6.04 Å². The summed E-state index contributed by atoms with van der Waals surface area (Å²) in [6.07, 6.45) is -8.65. The third kappa shape index (κ3) is 7.38. The maximum atomic E-state index is 13.6. The number of amides is 1. The predicted octanol–water partition coefficient (Wildman–Crippen LogP) is 0.900. The Morgan fingerprint density at radius 1 is 0.979 bits per heavy atom. The van der Waals surface area contributed by atoms with Crippen LogP contribution >= 0.6 is 11.6 Å². The Morgan fingerprint density at radius 2 is 1.68 bits per heavy atom. The van der Waals surface area contributed by atoms with Crippen molar-refractivity contribution in [1.82, 2.24) is 5.32 Å². The number of phenols is 1. The van der Waals surface area contributed by atoms with E-state index < -0.39 is 83.7 Å². The molecule has 3 fully saturated rings. The number of aliphatic hydroxyl groups excluding tert-OH is 5. The minimum atomic E-state index is -1.53. The van der Waals surface area contributed by atoms with Gasteiger partial charge in [-0.1, -0.05) is 17.7 Å². The van der Waals surface area contributed by atoms with Gasteiger partial charge >= 0.3 is 0 Å². The molecule has 2 aliphatic heterocycles. The van der Waals surface area contributed by atoms with Gasteiger partial charge in [-0.25, -0.2) is 8.78 Å². The lowest BCUT2D eigenvalue weighted by Crippen LogP contribution is -2.67. The number of aromatic hydroxyl groups is 1. The van der Waals surface area contributed by atoms with Crippen LogP contribution in [0.1, 0.15) is 19.4 Å². The zero-order valence-corrected chi connectivity index (χ0v) is 25.8. The van der Waals surface area contributed by atoms with Crippen molar-refractivity contribution in [3.8, 4) is 17.2 Å². The maximum absolute atomic E-state index is 13.6. The fraction of sp³-hybridized carbons (Fsp3) is 0.452. The topological polar surface area (TPSA) is 197 Å². The molecule has 16 heteroatoms. The normalized spacial score (nSPS) is 32.6. The van der Waals surface area contributed by atoms with E-state index in [1.165, 1.54) is 37.3 Å². The Kier molecular flexibility index (Phi) is 10.7. The highest BCUT2D eigenvalue weighted by Crippen LogP contribution is 2.34. The maximum Gasteiger partial charge on any atom is 0.247 e. The van der Waals surface area contributed by atoms with Crippen LogP contribution in [0.3, 0.4) is 0 Å². The average molecular weight is 686 g/mol. The molecule has 0 aromatic heterocycles. The molecule has 2 saturated heterocycles. The monoisotopic (exact) mass is 685 g/mol. The standard InChI is InChI=1S/C31H34ClF2NO12/c1-12(5-6-43-19-10-15(33)9-16(34)20(19)32)27-25(40)26(41)31(47-27)46-18-4-3-14(8-17(18)36)7-13(2)30(42)35-21-22(37)24(39)29-28(23(21)38)44-11-45-29/h3-5,7-10,21-29,31,36-41H,6,11H2,1-2H3,(H,35,42)/t21-,22+,23-,24-,25+,26+,27-,28+,29-,31-/m1/s1. The fourth-order valence-electron chi connectivity index (χ4n) is 5.52. The van der Waals surface area contributed by atoms with Crippen molar-refractivity contribution in [2.75, 3.05) is 13.4 Å². The molecule has 0 unspecified atom stereocenters. The summed E-state index contributed by atoms with van der Waals surface area (Å²) in [6, 6.07) is 4.40. The molecule has 0 spiro atoms. The summed E-state index contributed by atoms with van der Waals surface area (Å²) >= 11 is 5.80. The number of phenolic OH excluding ortho intramolecular Hbond substituents is 1. The zero-order valence-electron chi connectivity index (χ0n) is 25.0. The first-order valence-electron chi connectivity index (χ1n) is 14.5. The highest BCUT2D eigenvalue weighted by Gasteiger charge is 2.53. The van der Waals surface area contributed by atoms with Crippen LogP contribution in [0.2, 0.25) is 5.02 Å². The second-order valence-electron chi connectivity index (χ2n) is 11.4. The van der Waals surface area contributed by atoms with Gasteiger partial charge in [0.15, 0.2) is 11.5 Å². The van der Waals surface area contributed by atoms with Crippen molar-refractivity contribution in [2.45, 2.75) is 75.0 Å². The predicted molar refractivity (Wildman–Crippen MR) is 158 cm³/mol. The molecule has 2 heterocycles. The van der Waals surface area contributed by atoms with E-state index in [1.54, 1.807) is 6.92 Å². The fourth-order valence-corrected chi connectivity index (χ4v) is 5.69. The third-order valence-corrected chi connectivity index (χ3v) is 8.51. The Hall–Kier alpha value is -3.38. The number of carbonyl (C=O) groups is 1. The van der Waals surface area contributed by atoms with Gasteiger partial charge in [-0.15, -0.1) is 0 Å². The molecule has 0 radical (unpaired) electrons. The Morgan fingerprint density at radius 3 is 2.38 bits per heavy atom. The van der Waals surface area contributed by atoms with Crippen LogP contribution in [-0.4, -0.2) is 111 Å². The number of hydrogen-bond donors (Lipinski definition) is 7. The third-order valence-electron chi connectivity index (χ3n) is 8.14. The molecular formula is C31H34ClF2NO12. The summed E-state index contributed by atoms with van der Waals surface area (Å²) in [5.41, 5.74) is 0.901. The number of fused-ring (bicyclic) bond motifs is 1. The minimum Gasteiger partial charge on any atom is -0.504 e. The van der Waals surface area contributed by atoms with Gasteiger partial charge in [0.1, 0.15) is 84.6 Å². The highest BCUT2D eigenvalue weighted by atomic mass is 35.5. The summed E-state index contributed by atoms with van der Waals surface area (Å²) in [5.74, 6) is -3.24. The average Bonchev–Trinajstić information content (AvgIpc) is 3.63. The number of nitrogens with one attached hydrogen (secondary N) is 1. The van der Waals surface area contributed by atoms with Crippen molar-refractivity contribution >= 4 is 23.6 Å². The quantitative estimate of drug-likeness (QED) is 0.112. The Balaban J connectivity index is 1.18. The number of benzene rings is 2. The summed E-state index contributed by atoms with van der Waals surface area (Å²) < 4.78 is 54.2. The van der Waals surface area contributed by atoms with E-state index in [2.05, 4.69) is 5.32 Å². The molecule has 47 heavy (non-hydrogen) atoms. The lowest BCUT2D eigenvalue weighted by molar-refractivity contribution is -0.155. The van der Waals surface area contributed by atoms with Crippen LogP contribution in [0.25, 0.3) is 6.08 Å². The van der Waals surface area contributed by atoms with E-state index in [1.807, 2.05) is 0 Å². The number of hydrogen-bond acceptors (Lipinski definition) is 12. The molecule has 13 nitrogen and oxygen atoms in total. The summed E-state index contributed by atoms with van der Waals surface area (Å²) in [4.78, 5) is 12.9. The minimum absolute atomic E-state index is 0.107. The van der Waals surface area contributed by atoms with Crippen LogP contribution in [0.4, 0.5) is 8.78 Å². The summed E-state index contributed by atoms with van der Waals surface area (Å²) in [6.45, 7) is 2.67. The second kappa shape index (κ2) is 14.4. The van der Waals surface area contributed by atoms with Crippen molar-refractivity contribution < 1.29 is 67.9 Å². The van der Waals surface area contributed by atoms with E-state index in [0.29, 0.717) is 17.2 Å². The molecule has 2 aromatic rings. The van der Waals surface area contributed by atoms with E-state index in [-0.39, 0.29) is 36.2 Å². The first-order chi connectivity index (χ1) is 22.3. The Labute approximate surface area is 272 Å². The lowest BCUT2D eigenvalue weighted by Gasteiger charge is -2.41. The first-order valence-corrected chi connectivity index (χ1v) is 14.9. The number of ether oxygens (including phenoxy) is 5.